The molecule has 0 fully saturated rings. The first-order chi connectivity index (χ1) is 19.5. The van der Waals surface area contributed by atoms with Crippen molar-refractivity contribution in [3.63, 3.8) is 0 Å². The number of fused-ring (bicyclic) bond motifs is 1. The summed E-state index contributed by atoms with van der Waals surface area (Å²) >= 11 is 0. The van der Waals surface area contributed by atoms with Gasteiger partial charge >= 0.3 is 6.03 Å². The predicted octanol–water partition coefficient (Wildman–Crippen LogP) is 5.07. The highest BCUT2D eigenvalue weighted by atomic mass is 32.2. The number of aliphatic hydroxyl groups excluding tert-OH is 1. The Morgan fingerprint density at radius 2 is 1.83 bits per heavy atom. The summed E-state index contributed by atoms with van der Waals surface area (Å²) < 4.78 is 62.6. The molecule has 218 valence electrons. The number of carbonyl (C=O) groups is 1. The lowest BCUT2D eigenvalue weighted by Gasteiger charge is -2.37. The zero-order valence-electron chi connectivity index (χ0n) is 23.0. The molecule has 3 aromatic carbocycles. The number of likely N-dealkylation sites (N-methyl/N-ethyl adjacent to an activating group) is 1. The first kappa shape index (κ1) is 30.2. The molecule has 0 saturated carbocycles. The summed E-state index contributed by atoms with van der Waals surface area (Å²) in [5, 5.41) is 12.2. The fourth-order valence-electron chi connectivity index (χ4n) is 4.48. The summed E-state index contributed by atoms with van der Waals surface area (Å²) in [6.07, 6.45) is 3.05. The number of nitrogens with zero attached hydrogens (tertiary/aromatic N) is 2. The van der Waals surface area contributed by atoms with E-state index in [9.17, 15) is 27.1 Å². The van der Waals surface area contributed by atoms with Crippen molar-refractivity contribution < 1.29 is 31.8 Å². The van der Waals surface area contributed by atoms with Gasteiger partial charge in [0.1, 0.15) is 28.4 Å². The summed E-state index contributed by atoms with van der Waals surface area (Å²) in [5.41, 5.74) is 1.36. The van der Waals surface area contributed by atoms with Crippen molar-refractivity contribution in [1.29, 1.82) is 0 Å². The van der Waals surface area contributed by atoms with Crippen LogP contribution >= 0.6 is 0 Å². The van der Waals surface area contributed by atoms with Crippen LogP contribution in [0.3, 0.4) is 0 Å². The van der Waals surface area contributed by atoms with E-state index in [1.165, 1.54) is 22.3 Å². The molecule has 2 N–H and O–H groups in total. The first-order valence-corrected chi connectivity index (χ1v) is 14.6. The molecule has 0 saturated heterocycles. The van der Waals surface area contributed by atoms with E-state index in [2.05, 4.69) is 5.32 Å². The van der Waals surface area contributed by atoms with Crippen molar-refractivity contribution in [3.8, 4) is 5.75 Å². The van der Waals surface area contributed by atoms with Gasteiger partial charge in [-0.1, -0.05) is 55.5 Å². The predicted molar refractivity (Wildman–Crippen MR) is 154 cm³/mol. The molecule has 0 radical (unpaired) electrons. The molecular formula is C30H33F2N3O5S. The minimum Gasteiger partial charge on any atom is -0.487 e. The number of halogens is 2. The van der Waals surface area contributed by atoms with Crippen LogP contribution in [0.2, 0.25) is 0 Å². The highest BCUT2D eigenvalue weighted by molar-refractivity contribution is 7.89. The van der Waals surface area contributed by atoms with Crippen LogP contribution in [0.1, 0.15) is 25.0 Å². The number of sulfonamides is 1. The normalized spacial score (nSPS) is 19.5. The SMILES string of the molecule is C[C@H](CO)N1C[C@H](C)[C@H](CN(C)C(=O)Nc2cc(F)ccc2F)Oc2cc(/C=C/c3ccccc3)ccc2S1(=O)=O. The largest absolute Gasteiger partial charge is 0.487 e. The Morgan fingerprint density at radius 1 is 1.12 bits per heavy atom. The van der Waals surface area contributed by atoms with Gasteiger partial charge < -0.3 is 20.1 Å². The zero-order valence-corrected chi connectivity index (χ0v) is 23.8. The van der Waals surface area contributed by atoms with Gasteiger partial charge in [0, 0.05) is 31.6 Å². The molecule has 3 aromatic rings. The summed E-state index contributed by atoms with van der Waals surface area (Å²) in [4.78, 5) is 14.1. The third-order valence-electron chi connectivity index (χ3n) is 6.93. The Bertz CT molecular complexity index is 1520. The molecule has 4 rings (SSSR count). The minimum absolute atomic E-state index is 0.00878. The summed E-state index contributed by atoms with van der Waals surface area (Å²) in [6, 6.07) is 15.7. The maximum atomic E-state index is 14.1. The Kier molecular flexibility index (Phi) is 9.42. The maximum Gasteiger partial charge on any atom is 0.321 e. The van der Waals surface area contributed by atoms with E-state index >= 15 is 0 Å². The van der Waals surface area contributed by atoms with Gasteiger partial charge in [0.25, 0.3) is 0 Å². The average molecular weight is 586 g/mol. The van der Waals surface area contributed by atoms with Crippen LogP contribution in [0.5, 0.6) is 5.75 Å². The second-order valence-electron chi connectivity index (χ2n) is 10.1. The van der Waals surface area contributed by atoms with Crippen LogP contribution in [0, 0.1) is 17.6 Å². The van der Waals surface area contributed by atoms with E-state index in [1.54, 1.807) is 26.0 Å². The van der Waals surface area contributed by atoms with Crippen molar-refractivity contribution in [2.45, 2.75) is 30.9 Å². The smallest absolute Gasteiger partial charge is 0.321 e. The lowest BCUT2D eigenvalue weighted by molar-refractivity contribution is 0.0830. The number of nitrogens with one attached hydrogen (secondary N) is 1. The van der Waals surface area contributed by atoms with Gasteiger partial charge in [-0.15, -0.1) is 0 Å². The maximum absolute atomic E-state index is 14.1. The molecule has 2 amide bonds. The molecule has 0 bridgehead atoms. The quantitative estimate of drug-likeness (QED) is 0.378. The summed E-state index contributed by atoms with van der Waals surface area (Å²) in [7, 11) is -2.56. The van der Waals surface area contributed by atoms with Gasteiger partial charge in [0.2, 0.25) is 10.0 Å². The number of urea groups is 1. The second kappa shape index (κ2) is 12.8. The third kappa shape index (κ3) is 7.10. The van der Waals surface area contributed by atoms with Gasteiger partial charge in [-0.25, -0.2) is 22.0 Å². The van der Waals surface area contributed by atoms with Crippen molar-refractivity contribution >= 4 is 33.9 Å². The number of anilines is 1. The van der Waals surface area contributed by atoms with Gasteiger partial charge in [-0.2, -0.15) is 4.31 Å². The summed E-state index contributed by atoms with van der Waals surface area (Å²) in [6.45, 7) is 3.06. The Labute approximate surface area is 238 Å². The van der Waals surface area contributed by atoms with Gasteiger partial charge in [0.05, 0.1) is 18.8 Å². The van der Waals surface area contributed by atoms with Crippen molar-refractivity contribution in [3.05, 3.63) is 89.5 Å². The van der Waals surface area contributed by atoms with Crippen LogP contribution in [-0.4, -0.2) is 67.7 Å². The number of aliphatic hydroxyl groups is 1. The highest BCUT2D eigenvalue weighted by Crippen LogP contribution is 2.34. The zero-order chi connectivity index (χ0) is 29.7. The number of rotatable bonds is 7. The van der Waals surface area contributed by atoms with Crippen LogP contribution in [0.4, 0.5) is 19.3 Å². The number of hydrogen-bond acceptors (Lipinski definition) is 5. The molecule has 11 heteroatoms. The molecule has 1 aliphatic heterocycles. The highest BCUT2D eigenvalue weighted by Gasteiger charge is 2.38. The second-order valence-corrected chi connectivity index (χ2v) is 12.0. The Balaban J connectivity index is 1.65. The van der Waals surface area contributed by atoms with Crippen molar-refractivity contribution in [2.75, 3.05) is 32.1 Å². The molecule has 0 aliphatic carbocycles. The van der Waals surface area contributed by atoms with Crippen LogP contribution in [0.15, 0.2) is 71.6 Å². The molecule has 1 heterocycles. The summed E-state index contributed by atoms with van der Waals surface area (Å²) in [5.74, 6) is -1.80. The first-order valence-electron chi connectivity index (χ1n) is 13.1. The van der Waals surface area contributed by atoms with Gasteiger partial charge in [0.15, 0.2) is 0 Å². The lowest BCUT2D eigenvalue weighted by atomic mass is 10.0. The topological polar surface area (TPSA) is 99.2 Å². The van der Waals surface area contributed by atoms with Crippen molar-refractivity contribution in [2.24, 2.45) is 5.92 Å². The number of hydrogen-bond donors (Lipinski definition) is 2. The van der Waals surface area contributed by atoms with Crippen molar-refractivity contribution in [1.82, 2.24) is 9.21 Å². The van der Waals surface area contributed by atoms with E-state index in [0.717, 1.165) is 23.8 Å². The van der Waals surface area contributed by atoms with E-state index in [0.29, 0.717) is 5.56 Å². The fraction of sp³-hybridized carbons (Fsp3) is 0.300. The Morgan fingerprint density at radius 3 is 2.54 bits per heavy atom. The molecule has 0 aromatic heterocycles. The van der Waals surface area contributed by atoms with Crippen LogP contribution < -0.4 is 10.1 Å². The molecule has 41 heavy (non-hydrogen) atoms. The number of amides is 2. The third-order valence-corrected chi connectivity index (χ3v) is 8.95. The number of carbonyl (C=O) groups excluding carboxylic acids is 1. The monoisotopic (exact) mass is 585 g/mol. The van der Waals surface area contributed by atoms with Gasteiger partial charge in [-0.05, 0) is 42.3 Å². The molecule has 1 aliphatic rings. The van der Waals surface area contributed by atoms with E-state index in [1.807, 2.05) is 42.5 Å². The van der Waals surface area contributed by atoms with E-state index in [-0.39, 0.29) is 36.0 Å². The molecule has 0 spiro atoms. The lowest BCUT2D eigenvalue weighted by Crippen LogP contribution is -2.50. The standard InChI is InChI=1S/C30H33F2N3O5S/c1-20-17-35(21(2)19-36)41(38,39)29-14-11-23(10-9-22-7-5-4-6-8-22)15-27(29)40-28(20)18-34(3)30(37)33-26-16-24(31)12-13-25(26)32/h4-16,20-21,28,36H,17-19H2,1-3H3,(H,33,37)/b10-9+/t20-,21+,28-/m0/s1. The Hall–Kier alpha value is -3.80. The molecule has 3 atom stereocenters. The minimum atomic E-state index is -4.03. The van der Waals surface area contributed by atoms with Gasteiger partial charge in [-0.3, -0.25) is 0 Å². The van der Waals surface area contributed by atoms with E-state index in [4.69, 9.17) is 4.74 Å². The molecular weight excluding hydrogens is 552 g/mol. The number of ether oxygens (including phenoxy) is 1. The fourth-order valence-corrected chi connectivity index (χ4v) is 6.30. The van der Waals surface area contributed by atoms with Crippen LogP contribution in [0.25, 0.3) is 12.2 Å². The average Bonchev–Trinajstić information content (AvgIpc) is 2.95. The molecule has 0 unspecified atom stereocenters. The number of benzene rings is 3. The molecule has 8 nitrogen and oxygen atoms in total. The van der Waals surface area contributed by atoms with Crippen LogP contribution in [-0.2, 0) is 10.0 Å². The van der Waals surface area contributed by atoms with E-state index < -0.39 is 45.8 Å².